The van der Waals surface area contributed by atoms with Crippen molar-refractivity contribution in [1.29, 1.82) is 0 Å². The lowest BCUT2D eigenvalue weighted by molar-refractivity contribution is 0.0713. The number of amides is 2. The number of hydrogen-bond donors (Lipinski definition) is 1. The van der Waals surface area contributed by atoms with E-state index in [0.717, 1.165) is 29.2 Å². The van der Waals surface area contributed by atoms with Crippen LogP contribution in [0.5, 0.6) is 5.75 Å². The van der Waals surface area contributed by atoms with E-state index in [9.17, 15) is 9.59 Å². The molecule has 4 rings (SSSR count). The standard InChI is InChI=1S/C26H28ClN3O3S/c1-17(2)33-22-9-5-20(6-10-22)26(32)30-13-11-19(12-14-30)25-29-23(16-34-25)24(31)28-15-18-3-7-21(27)8-4-18/h3-10,16-17,19H,11-15H2,1-2H3,(H,28,31). The van der Waals surface area contributed by atoms with Gasteiger partial charge >= 0.3 is 0 Å². The van der Waals surface area contributed by atoms with E-state index in [4.69, 9.17) is 16.3 Å². The number of rotatable bonds is 7. The second-order valence-electron chi connectivity index (χ2n) is 8.64. The van der Waals surface area contributed by atoms with Crippen molar-refractivity contribution in [3.05, 3.63) is 80.8 Å². The van der Waals surface area contributed by atoms with Crippen LogP contribution in [0.15, 0.2) is 53.9 Å². The highest BCUT2D eigenvalue weighted by Gasteiger charge is 2.27. The van der Waals surface area contributed by atoms with Crippen LogP contribution in [0.4, 0.5) is 0 Å². The van der Waals surface area contributed by atoms with Crippen LogP contribution >= 0.6 is 22.9 Å². The predicted octanol–water partition coefficient (Wildman–Crippen LogP) is 5.53. The summed E-state index contributed by atoms with van der Waals surface area (Å²) in [5.74, 6) is 0.877. The maximum absolute atomic E-state index is 12.9. The fraction of sp³-hybridized carbons (Fsp3) is 0.346. The van der Waals surface area contributed by atoms with E-state index in [1.54, 1.807) is 12.1 Å². The lowest BCUT2D eigenvalue weighted by Gasteiger charge is -2.31. The van der Waals surface area contributed by atoms with Crippen LogP contribution in [0.3, 0.4) is 0 Å². The van der Waals surface area contributed by atoms with Crippen molar-refractivity contribution in [3.8, 4) is 5.75 Å². The highest BCUT2D eigenvalue weighted by atomic mass is 35.5. The van der Waals surface area contributed by atoms with E-state index in [1.165, 1.54) is 11.3 Å². The number of nitrogens with one attached hydrogen (secondary N) is 1. The first-order valence-corrected chi connectivity index (χ1v) is 12.7. The minimum atomic E-state index is -0.185. The van der Waals surface area contributed by atoms with Gasteiger partial charge in [0, 0.05) is 41.5 Å². The van der Waals surface area contributed by atoms with Crippen molar-refractivity contribution >= 4 is 34.8 Å². The van der Waals surface area contributed by atoms with Gasteiger partial charge in [0.25, 0.3) is 11.8 Å². The Bertz CT molecular complexity index is 1120. The molecule has 0 atom stereocenters. The lowest BCUT2D eigenvalue weighted by Crippen LogP contribution is -2.37. The monoisotopic (exact) mass is 497 g/mol. The Kier molecular flexibility index (Phi) is 7.85. The highest BCUT2D eigenvalue weighted by Crippen LogP contribution is 2.31. The van der Waals surface area contributed by atoms with E-state index in [0.29, 0.717) is 35.9 Å². The quantitative estimate of drug-likeness (QED) is 0.465. The number of ether oxygens (including phenoxy) is 1. The minimum absolute atomic E-state index is 0.0379. The van der Waals surface area contributed by atoms with Gasteiger partial charge in [-0.1, -0.05) is 23.7 Å². The Morgan fingerprint density at radius 2 is 1.79 bits per heavy atom. The number of aromatic nitrogens is 1. The van der Waals surface area contributed by atoms with Crippen molar-refractivity contribution < 1.29 is 14.3 Å². The molecule has 8 heteroatoms. The molecule has 6 nitrogen and oxygen atoms in total. The van der Waals surface area contributed by atoms with E-state index in [2.05, 4.69) is 10.3 Å². The van der Waals surface area contributed by atoms with Crippen LogP contribution < -0.4 is 10.1 Å². The third-order valence-electron chi connectivity index (χ3n) is 5.73. The molecule has 0 unspecified atom stereocenters. The molecule has 1 N–H and O–H groups in total. The van der Waals surface area contributed by atoms with E-state index < -0.39 is 0 Å². The first kappa shape index (κ1) is 24.2. The molecule has 1 aliphatic heterocycles. The number of benzene rings is 2. The zero-order chi connectivity index (χ0) is 24.1. The van der Waals surface area contributed by atoms with Gasteiger partial charge in [-0.3, -0.25) is 9.59 Å². The molecule has 0 saturated carbocycles. The fourth-order valence-corrected chi connectivity index (χ4v) is 5.01. The van der Waals surface area contributed by atoms with Gasteiger partial charge in [0.2, 0.25) is 0 Å². The molecule has 2 amide bonds. The molecule has 1 aromatic heterocycles. The molecule has 0 bridgehead atoms. The van der Waals surface area contributed by atoms with Gasteiger partial charge in [0.15, 0.2) is 0 Å². The lowest BCUT2D eigenvalue weighted by atomic mass is 9.97. The zero-order valence-corrected chi connectivity index (χ0v) is 20.9. The van der Waals surface area contributed by atoms with Gasteiger partial charge < -0.3 is 15.0 Å². The average molecular weight is 498 g/mol. The Morgan fingerprint density at radius 3 is 2.44 bits per heavy atom. The van der Waals surface area contributed by atoms with Gasteiger partial charge in [-0.2, -0.15) is 0 Å². The Balaban J connectivity index is 1.28. The molecule has 1 fully saturated rings. The number of thiazole rings is 1. The molecule has 0 spiro atoms. The summed E-state index contributed by atoms with van der Waals surface area (Å²) in [5.41, 5.74) is 2.09. The molecule has 178 valence electrons. The number of hydrogen-bond acceptors (Lipinski definition) is 5. The van der Waals surface area contributed by atoms with Gasteiger partial charge in [-0.25, -0.2) is 4.98 Å². The van der Waals surface area contributed by atoms with Crippen LogP contribution in [-0.2, 0) is 6.54 Å². The van der Waals surface area contributed by atoms with Crippen LogP contribution in [0, 0.1) is 0 Å². The number of carbonyl (C=O) groups is 2. The number of piperidine rings is 1. The number of halogens is 1. The summed E-state index contributed by atoms with van der Waals surface area (Å²) in [6.45, 7) is 5.72. The molecule has 34 heavy (non-hydrogen) atoms. The third kappa shape index (κ3) is 6.15. The molecule has 0 aliphatic carbocycles. The van der Waals surface area contributed by atoms with Crippen molar-refractivity contribution in [3.63, 3.8) is 0 Å². The van der Waals surface area contributed by atoms with Crippen LogP contribution in [-0.4, -0.2) is 40.9 Å². The maximum Gasteiger partial charge on any atom is 0.271 e. The molecule has 2 heterocycles. The molecule has 0 radical (unpaired) electrons. The molecule has 1 aliphatic rings. The van der Waals surface area contributed by atoms with Crippen molar-refractivity contribution in [2.75, 3.05) is 13.1 Å². The second-order valence-corrected chi connectivity index (χ2v) is 9.96. The number of nitrogens with zero attached hydrogens (tertiary/aromatic N) is 2. The molecule has 1 saturated heterocycles. The Hall–Kier alpha value is -2.90. The molecular weight excluding hydrogens is 470 g/mol. The van der Waals surface area contributed by atoms with Crippen LogP contribution in [0.1, 0.15) is 64.0 Å². The predicted molar refractivity (Wildman–Crippen MR) is 135 cm³/mol. The van der Waals surface area contributed by atoms with Gasteiger partial charge in [0.05, 0.1) is 11.1 Å². The number of likely N-dealkylation sites (tertiary alicyclic amines) is 1. The topological polar surface area (TPSA) is 71.5 Å². The SMILES string of the molecule is CC(C)Oc1ccc(C(=O)N2CCC(c3nc(C(=O)NCc4ccc(Cl)cc4)cs3)CC2)cc1. The zero-order valence-electron chi connectivity index (χ0n) is 19.3. The Labute approximate surface area is 208 Å². The smallest absolute Gasteiger partial charge is 0.271 e. The summed E-state index contributed by atoms with van der Waals surface area (Å²) in [7, 11) is 0. The normalized spacial score (nSPS) is 14.3. The number of carbonyl (C=O) groups excluding carboxylic acids is 2. The molecule has 2 aromatic carbocycles. The second kappa shape index (κ2) is 11.0. The van der Waals surface area contributed by atoms with Gasteiger partial charge in [-0.05, 0) is 68.7 Å². The minimum Gasteiger partial charge on any atom is -0.491 e. The summed E-state index contributed by atoms with van der Waals surface area (Å²) in [6.07, 6.45) is 1.76. The first-order chi connectivity index (χ1) is 16.4. The average Bonchev–Trinajstić information content (AvgIpc) is 3.34. The summed E-state index contributed by atoms with van der Waals surface area (Å²) in [5, 5.41) is 6.34. The van der Waals surface area contributed by atoms with Crippen molar-refractivity contribution in [2.45, 2.75) is 45.3 Å². The van der Waals surface area contributed by atoms with E-state index in [-0.39, 0.29) is 23.8 Å². The van der Waals surface area contributed by atoms with Gasteiger partial charge in [-0.15, -0.1) is 11.3 Å². The first-order valence-electron chi connectivity index (χ1n) is 11.4. The van der Waals surface area contributed by atoms with Crippen molar-refractivity contribution in [2.24, 2.45) is 0 Å². The largest absolute Gasteiger partial charge is 0.491 e. The third-order valence-corrected chi connectivity index (χ3v) is 6.98. The van der Waals surface area contributed by atoms with Gasteiger partial charge in [0.1, 0.15) is 11.4 Å². The summed E-state index contributed by atoms with van der Waals surface area (Å²) in [4.78, 5) is 31.9. The maximum atomic E-state index is 12.9. The summed E-state index contributed by atoms with van der Waals surface area (Å²) < 4.78 is 5.65. The van der Waals surface area contributed by atoms with E-state index >= 15 is 0 Å². The fourth-order valence-electron chi connectivity index (χ4n) is 3.91. The highest BCUT2D eigenvalue weighted by molar-refractivity contribution is 7.09. The molecule has 3 aromatic rings. The molecular formula is C26H28ClN3O3S. The van der Waals surface area contributed by atoms with E-state index in [1.807, 2.05) is 60.5 Å². The summed E-state index contributed by atoms with van der Waals surface area (Å²) >= 11 is 7.42. The summed E-state index contributed by atoms with van der Waals surface area (Å²) in [6, 6.07) is 14.7. The van der Waals surface area contributed by atoms with Crippen molar-refractivity contribution in [1.82, 2.24) is 15.2 Å². The van der Waals surface area contributed by atoms with Crippen LogP contribution in [0.25, 0.3) is 0 Å². The van der Waals surface area contributed by atoms with Crippen LogP contribution in [0.2, 0.25) is 5.02 Å². The Morgan fingerprint density at radius 1 is 1.12 bits per heavy atom.